The van der Waals surface area contributed by atoms with Gasteiger partial charge in [-0.1, -0.05) is 23.2 Å². The topological polar surface area (TPSA) is 58.6 Å². The maximum absolute atomic E-state index is 12.2. The summed E-state index contributed by atoms with van der Waals surface area (Å²) >= 11 is 11.8. The standard InChI is InChI=1S/C18H18Cl2N2O3/c1-11(17(23)21-15-9-13(19)8-14(20)10-15)25-18(24)12-4-6-16(7-5-12)22(2)3/h4-11H,1-3H3,(H,21,23)/t11-/m1/s1. The van der Waals surface area contributed by atoms with Crippen molar-refractivity contribution in [3.63, 3.8) is 0 Å². The second-order valence-corrected chi connectivity index (χ2v) is 6.51. The Bertz CT molecular complexity index is 756. The van der Waals surface area contributed by atoms with Gasteiger partial charge in [0.2, 0.25) is 0 Å². The predicted octanol–water partition coefficient (Wildman–Crippen LogP) is 4.24. The maximum Gasteiger partial charge on any atom is 0.338 e. The molecule has 0 saturated carbocycles. The molecule has 0 bridgehead atoms. The van der Waals surface area contributed by atoms with Gasteiger partial charge in [0, 0.05) is 35.5 Å². The summed E-state index contributed by atoms with van der Waals surface area (Å²) < 4.78 is 5.20. The predicted molar refractivity (Wildman–Crippen MR) is 101 cm³/mol. The van der Waals surface area contributed by atoms with Crippen LogP contribution in [-0.4, -0.2) is 32.1 Å². The van der Waals surface area contributed by atoms with Crippen LogP contribution in [0, 0.1) is 0 Å². The minimum absolute atomic E-state index is 0.371. The molecule has 132 valence electrons. The number of hydrogen-bond acceptors (Lipinski definition) is 4. The lowest BCUT2D eigenvalue weighted by Gasteiger charge is -2.15. The van der Waals surface area contributed by atoms with Crippen molar-refractivity contribution in [3.05, 3.63) is 58.1 Å². The molecule has 0 heterocycles. The molecular formula is C18H18Cl2N2O3. The molecule has 0 saturated heterocycles. The van der Waals surface area contributed by atoms with E-state index in [4.69, 9.17) is 27.9 Å². The van der Waals surface area contributed by atoms with E-state index in [1.807, 2.05) is 19.0 Å². The molecule has 1 amide bonds. The summed E-state index contributed by atoms with van der Waals surface area (Å²) in [7, 11) is 3.81. The first-order chi connectivity index (χ1) is 11.8. The largest absolute Gasteiger partial charge is 0.449 e. The van der Waals surface area contributed by atoms with Crippen LogP contribution in [0.1, 0.15) is 17.3 Å². The van der Waals surface area contributed by atoms with E-state index in [-0.39, 0.29) is 0 Å². The molecule has 0 unspecified atom stereocenters. The number of ether oxygens (including phenoxy) is 1. The van der Waals surface area contributed by atoms with E-state index >= 15 is 0 Å². The Balaban J connectivity index is 1.99. The van der Waals surface area contributed by atoms with Gasteiger partial charge < -0.3 is 15.0 Å². The minimum Gasteiger partial charge on any atom is -0.449 e. The third-order valence-electron chi connectivity index (χ3n) is 3.40. The Labute approximate surface area is 156 Å². The summed E-state index contributed by atoms with van der Waals surface area (Å²) in [6.07, 6.45) is -0.973. The van der Waals surface area contributed by atoms with Crippen LogP contribution in [0.25, 0.3) is 0 Å². The number of nitrogens with one attached hydrogen (secondary N) is 1. The summed E-state index contributed by atoms with van der Waals surface area (Å²) in [5.74, 6) is -1.05. The molecule has 0 aromatic heterocycles. The molecule has 0 spiro atoms. The molecule has 0 radical (unpaired) electrons. The van der Waals surface area contributed by atoms with Crippen LogP contribution < -0.4 is 10.2 Å². The van der Waals surface area contributed by atoms with Gasteiger partial charge in [-0.3, -0.25) is 4.79 Å². The van der Waals surface area contributed by atoms with Gasteiger partial charge in [0.15, 0.2) is 6.10 Å². The zero-order valence-electron chi connectivity index (χ0n) is 14.0. The zero-order chi connectivity index (χ0) is 18.6. The number of halogens is 2. The number of amides is 1. The third-order valence-corrected chi connectivity index (χ3v) is 3.84. The smallest absolute Gasteiger partial charge is 0.338 e. The van der Waals surface area contributed by atoms with E-state index in [1.165, 1.54) is 6.92 Å². The van der Waals surface area contributed by atoms with Crippen LogP contribution >= 0.6 is 23.2 Å². The van der Waals surface area contributed by atoms with Crippen LogP contribution in [0.4, 0.5) is 11.4 Å². The van der Waals surface area contributed by atoms with Crippen molar-refractivity contribution in [1.82, 2.24) is 0 Å². The fraction of sp³-hybridized carbons (Fsp3) is 0.222. The Morgan fingerprint density at radius 3 is 2.12 bits per heavy atom. The molecule has 2 rings (SSSR count). The Kier molecular flexibility index (Phi) is 6.28. The summed E-state index contributed by atoms with van der Waals surface area (Å²) in [5.41, 5.74) is 1.76. The number of hydrogen-bond donors (Lipinski definition) is 1. The number of esters is 1. The van der Waals surface area contributed by atoms with Crippen LogP contribution in [0.5, 0.6) is 0 Å². The molecule has 2 aromatic carbocycles. The Morgan fingerprint density at radius 2 is 1.60 bits per heavy atom. The summed E-state index contributed by atoms with van der Waals surface area (Å²) in [5, 5.41) is 3.41. The molecule has 1 atom stereocenters. The maximum atomic E-state index is 12.2. The second-order valence-electron chi connectivity index (χ2n) is 5.64. The van der Waals surface area contributed by atoms with Gasteiger partial charge in [0.05, 0.1) is 5.56 Å². The van der Waals surface area contributed by atoms with E-state index in [9.17, 15) is 9.59 Å². The quantitative estimate of drug-likeness (QED) is 0.787. The summed E-state index contributed by atoms with van der Waals surface area (Å²) in [6.45, 7) is 1.49. The van der Waals surface area contributed by atoms with Crippen LogP contribution in [-0.2, 0) is 9.53 Å². The lowest BCUT2D eigenvalue weighted by molar-refractivity contribution is -0.123. The number of anilines is 2. The van der Waals surface area contributed by atoms with E-state index in [0.717, 1.165) is 5.69 Å². The Hall–Kier alpha value is -2.24. The van der Waals surface area contributed by atoms with Crippen molar-refractivity contribution in [3.8, 4) is 0 Å². The molecule has 7 heteroatoms. The number of rotatable bonds is 5. The minimum atomic E-state index is -0.973. The highest BCUT2D eigenvalue weighted by Gasteiger charge is 2.19. The van der Waals surface area contributed by atoms with Gasteiger partial charge in [-0.2, -0.15) is 0 Å². The highest BCUT2D eigenvalue weighted by atomic mass is 35.5. The monoisotopic (exact) mass is 380 g/mol. The molecule has 0 aliphatic carbocycles. The SMILES string of the molecule is C[C@@H](OC(=O)c1ccc(N(C)C)cc1)C(=O)Nc1cc(Cl)cc(Cl)c1. The molecule has 5 nitrogen and oxygen atoms in total. The first-order valence-electron chi connectivity index (χ1n) is 7.51. The van der Waals surface area contributed by atoms with Gasteiger partial charge in [0.1, 0.15) is 0 Å². The summed E-state index contributed by atoms with van der Waals surface area (Å²) in [4.78, 5) is 26.2. The first kappa shape index (κ1) is 19.1. The van der Waals surface area contributed by atoms with E-state index in [2.05, 4.69) is 5.32 Å². The molecule has 25 heavy (non-hydrogen) atoms. The molecular weight excluding hydrogens is 363 g/mol. The average Bonchev–Trinajstić information content (AvgIpc) is 2.53. The van der Waals surface area contributed by atoms with Crippen molar-refractivity contribution in [1.29, 1.82) is 0 Å². The number of benzene rings is 2. The molecule has 0 aliphatic heterocycles. The molecule has 1 N–H and O–H groups in total. The van der Waals surface area contributed by atoms with Crippen molar-refractivity contribution in [2.24, 2.45) is 0 Å². The number of carbonyl (C=O) groups excluding carboxylic acids is 2. The molecule has 0 fully saturated rings. The van der Waals surface area contributed by atoms with Gasteiger partial charge >= 0.3 is 5.97 Å². The lowest BCUT2D eigenvalue weighted by Crippen LogP contribution is -2.30. The molecule has 2 aromatic rings. The van der Waals surface area contributed by atoms with Crippen molar-refractivity contribution >= 4 is 46.5 Å². The normalized spacial score (nSPS) is 11.6. The lowest BCUT2D eigenvalue weighted by atomic mass is 10.2. The highest BCUT2D eigenvalue weighted by Crippen LogP contribution is 2.22. The van der Waals surface area contributed by atoms with Crippen molar-refractivity contribution in [2.75, 3.05) is 24.3 Å². The first-order valence-corrected chi connectivity index (χ1v) is 8.27. The van der Waals surface area contributed by atoms with Crippen molar-refractivity contribution in [2.45, 2.75) is 13.0 Å². The average molecular weight is 381 g/mol. The van der Waals surface area contributed by atoms with Crippen LogP contribution in [0.15, 0.2) is 42.5 Å². The van der Waals surface area contributed by atoms with E-state index < -0.39 is 18.0 Å². The third kappa shape index (κ3) is 5.37. The fourth-order valence-corrected chi connectivity index (χ4v) is 2.57. The second kappa shape index (κ2) is 8.23. The molecule has 0 aliphatic rings. The van der Waals surface area contributed by atoms with Gasteiger partial charge in [-0.05, 0) is 49.4 Å². The zero-order valence-corrected chi connectivity index (χ0v) is 15.6. The number of nitrogens with zero attached hydrogens (tertiary/aromatic N) is 1. The van der Waals surface area contributed by atoms with E-state index in [1.54, 1.807) is 42.5 Å². The van der Waals surface area contributed by atoms with E-state index in [0.29, 0.717) is 21.3 Å². The van der Waals surface area contributed by atoms with Gasteiger partial charge in [-0.25, -0.2) is 4.79 Å². The van der Waals surface area contributed by atoms with Gasteiger partial charge in [0.25, 0.3) is 5.91 Å². The highest BCUT2D eigenvalue weighted by molar-refractivity contribution is 6.35. The van der Waals surface area contributed by atoms with Gasteiger partial charge in [-0.15, -0.1) is 0 Å². The number of carbonyl (C=O) groups is 2. The van der Waals surface area contributed by atoms with Crippen LogP contribution in [0.3, 0.4) is 0 Å². The summed E-state index contributed by atoms with van der Waals surface area (Å²) in [6, 6.07) is 11.6. The van der Waals surface area contributed by atoms with Crippen LogP contribution in [0.2, 0.25) is 10.0 Å². The Morgan fingerprint density at radius 1 is 1.04 bits per heavy atom. The fourth-order valence-electron chi connectivity index (χ4n) is 2.05. The van der Waals surface area contributed by atoms with Crippen molar-refractivity contribution < 1.29 is 14.3 Å².